The first-order valence-corrected chi connectivity index (χ1v) is 3.45. The summed E-state index contributed by atoms with van der Waals surface area (Å²) in [4.78, 5) is 0. The second kappa shape index (κ2) is 7.08. The molecule has 0 unspecified atom stereocenters. The molecule has 13 heavy (non-hydrogen) atoms. The molecule has 1 rings (SSSR count). The van der Waals surface area contributed by atoms with Gasteiger partial charge in [-0.3, -0.25) is 0 Å². The standard InChI is InChI=1S/C8H11NO2.Ga.Si/c9-4-3-6-1-2-7(10)8(11)5-6;;/h1-2,5,10-11H,3-4,9H2;;. The van der Waals surface area contributed by atoms with Crippen LogP contribution >= 0.6 is 0 Å². The minimum absolute atomic E-state index is 0. The fourth-order valence-corrected chi connectivity index (χ4v) is 0.891. The number of phenolic OH excluding ortho intramolecular Hbond substituents is 2. The van der Waals surface area contributed by atoms with E-state index < -0.39 is 0 Å². The van der Waals surface area contributed by atoms with Crippen LogP contribution in [-0.2, 0) is 6.42 Å². The van der Waals surface area contributed by atoms with Gasteiger partial charge in [-0.25, -0.2) is 0 Å². The summed E-state index contributed by atoms with van der Waals surface area (Å²) in [5, 5.41) is 18.0. The molecule has 0 fully saturated rings. The second-order valence-electron chi connectivity index (χ2n) is 2.36. The van der Waals surface area contributed by atoms with Crippen LogP contribution in [0.1, 0.15) is 5.56 Å². The smallest absolute Gasteiger partial charge is 0.157 e. The first-order valence-electron chi connectivity index (χ1n) is 3.45. The molecule has 7 radical (unpaired) electrons. The monoisotopic (exact) mass is 250 g/mol. The fraction of sp³-hybridized carbons (Fsp3) is 0.250. The molecule has 0 bridgehead atoms. The van der Waals surface area contributed by atoms with Gasteiger partial charge in [0.05, 0.1) is 0 Å². The molecule has 0 aliphatic heterocycles. The van der Waals surface area contributed by atoms with E-state index >= 15 is 0 Å². The van der Waals surface area contributed by atoms with E-state index in [2.05, 4.69) is 0 Å². The Morgan fingerprint density at radius 3 is 2.23 bits per heavy atom. The second-order valence-corrected chi connectivity index (χ2v) is 2.36. The molecule has 5 heteroatoms. The molecule has 0 amide bonds. The van der Waals surface area contributed by atoms with Gasteiger partial charge in [-0.05, 0) is 30.7 Å². The van der Waals surface area contributed by atoms with Gasteiger partial charge >= 0.3 is 0 Å². The summed E-state index contributed by atoms with van der Waals surface area (Å²) >= 11 is 0. The summed E-state index contributed by atoms with van der Waals surface area (Å²) in [6.45, 7) is 0.546. The van der Waals surface area contributed by atoms with Gasteiger partial charge in [0.2, 0.25) is 0 Å². The van der Waals surface area contributed by atoms with Crippen molar-refractivity contribution in [2.45, 2.75) is 6.42 Å². The van der Waals surface area contributed by atoms with Crippen LogP contribution in [0, 0.1) is 0 Å². The van der Waals surface area contributed by atoms with Crippen molar-refractivity contribution in [2.75, 3.05) is 6.54 Å². The summed E-state index contributed by atoms with van der Waals surface area (Å²) in [5.74, 6) is -0.179. The Bertz CT molecular complexity index is 258. The molecule has 3 nitrogen and oxygen atoms in total. The first-order chi connectivity index (χ1) is 5.24. The molecule has 1 aromatic carbocycles. The number of benzene rings is 1. The Morgan fingerprint density at radius 1 is 1.15 bits per heavy atom. The Hall–Kier alpha value is -0.367. The topological polar surface area (TPSA) is 66.5 Å². The maximum atomic E-state index is 9.04. The Labute approximate surface area is 95.0 Å². The normalized spacial score (nSPS) is 8.38. The van der Waals surface area contributed by atoms with E-state index in [0.717, 1.165) is 5.56 Å². The van der Waals surface area contributed by atoms with Gasteiger partial charge in [0, 0.05) is 30.8 Å². The third kappa shape index (κ3) is 4.42. The summed E-state index contributed by atoms with van der Waals surface area (Å²) in [5.41, 5.74) is 6.24. The molecule has 0 atom stereocenters. The zero-order valence-corrected chi connectivity index (χ0v) is 10.6. The van der Waals surface area contributed by atoms with Crippen molar-refractivity contribution in [3.63, 3.8) is 0 Å². The number of rotatable bonds is 2. The number of aromatic hydroxyl groups is 2. The van der Waals surface area contributed by atoms with Crippen LogP contribution in [0.2, 0.25) is 0 Å². The molecule has 0 saturated heterocycles. The van der Waals surface area contributed by atoms with E-state index in [0.29, 0.717) is 13.0 Å². The largest absolute Gasteiger partial charge is 0.504 e. The van der Waals surface area contributed by atoms with Gasteiger partial charge in [-0.1, -0.05) is 6.07 Å². The van der Waals surface area contributed by atoms with Gasteiger partial charge in [0.1, 0.15) is 0 Å². The first kappa shape index (κ1) is 15.1. The van der Waals surface area contributed by atoms with Crippen molar-refractivity contribution in [3.05, 3.63) is 23.8 Å². The van der Waals surface area contributed by atoms with Crippen molar-refractivity contribution >= 4 is 30.8 Å². The van der Waals surface area contributed by atoms with E-state index in [1.807, 2.05) is 0 Å². The maximum absolute atomic E-state index is 9.04. The van der Waals surface area contributed by atoms with Crippen molar-refractivity contribution < 1.29 is 10.2 Å². The van der Waals surface area contributed by atoms with Crippen LogP contribution in [0.15, 0.2) is 18.2 Å². The summed E-state index contributed by atoms with van der Waals surface area (Å²) in [6, 6.07) is 4.71. The molecule has 0 spiro atoms. The minimum atomic E-state index is -0.0919. The van der Waals surface area contributed by atoms with Gasteiger partial charge in [0.15, 0.2) is 11.5 Å². The average Bonchev–Trinajstić information content (AvgIpc) is 1.98. The SMILES string of the molecule is NCCc1ccc(O)c(O)c1.[Ga].[Si]. The van der Waals surface area contributed by atoms with Crippen molar-refractivity contribution in [1.29, 1.82) is 0 Å². The molecule has 0 heterocycles. The zero-order chi connectivity index (χ0) is 8.27. The van der Waals surface area contributed by atoms with E-state index in [4.69, 9.17) is 15.9 Å². The Kier molecular flexibility index (Phi) is 8.23. The summed E-state index contributed by atoms with van der Waals surface area (Å²) in [6.07, 6.45) is 0.716. The van der Waals surface area contributed by atoms with Crippen LogP contribution < -0.4 is 5.73 Å². The van der Waals surface area contributed by atoms with E-state index in [1.54, 1.807) is 6.07 Å². The Balaban J connectivity index is 0. The van der Waals surface area contributed by atoms with Crippen LogP contribution in [0.4, 0.5) is 0 Å². The quantitative estimate of drug-likeness (QED) is 0.505. The van der Waals surface area contributed by atoms with Crippen LogP contribution in [0.5, 0.6) is 11.5 Å². The molecule has 0 aromatic heterocycles. The van der Waals surface area contributed by atoms with Gasteiger partial charge in [0.25, 0.3) is 0 Å². The van der Waals surface area contributed by atoms with Crippen LogP contribution in [0.3, 0.4) is 0 Å². The summed E-state index contributed by atoms with van der Waals surface area (Å²) < 4.78 is 0. The van der Waals surface area contributed by atoms with Crippen molar-refractivity contribution in [1.82, 2.24) is 0 Å². The van der Waals surface area contributed by atoms with Crippen molar-refractivity contribution in [2.24, 2.45) is 5.73 Å². The molecular formula is C8H11GaNO2Si. The molecule has 0 aliphatic carbocycles. The number of hydrogen-bond acceptors (Lipinski definition) is 3. The molecule has 0 aliphatic rings. The fourth-order valence-electron chi connectivity index (χ4n) is 0.891. The average molecular weight is 251 g/mol. The van der Waals surface area contributed by atoms with Gasteiger partial charge < -0.3 is 15.9 Å². The molecule has 67 valence electrons. The predicted octanol–water partition coefficient (Wildman–Crippen LogP) is -0.163. The van der Waals surface area contributed by atoms with Gasteiger partial charge in [-0.15, -0.1) is 0 Å². The number of hydrogen-bond donors (Lipinski definition) is 3. The summed E-state index contributed by atoms with van der Waals surface area (Å²) in [7, 11) is 0. The predicted molar refractivity (Wildman–Crippen MR) is 54.0 cm³/mol. The third-order valence-electron chi connectivity index (χ3n) is 1.47. The maximum Gasteiger partial charge on any atom is 0.157 e. The third-order valence-corrected chi connectivity index (χ3v) is 1.47. The molecular weight excluding hydrogens is 240 g/mol. The van der Waals surface area contributed by atoms with Gasteiger partial charge in [-0.2, -0.15) is 0 Å². The van der Waals surface area contributed by atoms with Crippen LogP contribution in [0.25, 0.3) is 0 Å². The molecule has 4 N–H and O–H groups in total. The minimum Gasteiger partial charge on any atom is -0.504 e. The van der Waals surface area contributed by atoms with E-state index in [-0.39, 0.29) is 42.3 Å². The van der Waals surface area contributed by atoms with E-state index in [9.17, 15) is 0 Å². The number of phenols is 2. The molecule has 1 aromatic rings. The van der Waals surface area contributed by atoms with Crippen LogP contribution in [-0.4, -0.2) is 47.5 Å². The molecule has 0 saturated carbocycles. The van der Waals surface area contributed by atoms with E-state index in [1.165, 1.54) is 12.1 Å². The number of nitrogens with two attached hydrogens (primary N) is 1. The van der Waals surface area contributed by atoms with Crippen molar-refractivity contribution in [3.8, 4) is 11.5 Å². The Morgan fingerprint density at radius 2 is 1.77 bits per heavy atom. The zero-order valence-electron chi connectivity index (χ0n) is 7.20.